The summed E-state index contributed by atoms with van der Waals surface area (Å²) >= 11 is 0. The Morgan fingerprint density at radius 2 is 2.21 bits per heavy atom. The highest BCUT2D eigenvalue weighted by Gasteiger charge is 2.26. The Kier molecular flexibility index (Phi) is 4.18. The molecule has 1 unspecified atom stereocenters. The van der Waals surface area contributed by atoms with Crippen LogP contribution in [0.25, 0.3) is 0 Å². The summed E-state index contributed by atoms with van der Waals surface area (Å²) in [6.45, 7) is 3.04. The van der Waals surface area contributed by atoms with E-state index in [1.165, 1.54) is 11.1 Å². The van der Waals surface area contributed by atoms with Crippen LogP contribution in [0.2, 0.25) is 0 Å². The number of nitrogens with one attached hydrogen (secondary N) is 1. The maximum atomic E-state index is 12.3. The first-order valence-corrected chi connectivity index (χ1v) is 6.56. The standard InChI is InChI=1S/C15H19N3O/c1-11(8-16)10-18(2)15(19)14-7-12-5-3-4-6-13(12)9-17-14/h3-6,11,14,17H,7,9-10H2,1-2H3/t11?,14-/m1/s1. The van der Waals surface area contributed by atoms with E-state index in [0.29, 0.717) is 6.54 Å². The van der Waals surface area contributed by atoms with Crippen LogP contribution in [-0.4, -0.2) is 30.4 Å². The Morgan fingerprint density at radius 3 is 2.89 bits per heavy atom. The van der Waals surface area contributed by atoms with E-state index in [2.05, 4.69) is 23.5 Å². The second kappa shape index (κ2) is 5.85. The molecule has 4 nitrogen and oxygen atoms in total. The lowest BCUT2D eigenvalue weighted by molar-refractivity contribution is -0.132. The number of amides is 1. The molecular formula is C15H19N3O. The average molecular weight is 257 g/mol. The van der Waals surface area contributed by atoms with Crippen molar-refractivity contribution in [1.29, 1.82) is 5.26 Å². The van der Waals surface area contributed by atoms with Gasteiger partial charge in [0.15, 0.2) is 0 Å². The fraction of sp³-hybridized carbons (Fsp3) is 0.467. The van der Waals surface area contributed by atoms with Gasteiger partial charge in [-0.05, 0) is 24.5 Å². The molecule has 0 bridgehead atoms. The van der Waals surface area contributed by atoms with Gasteiger partial charge in [-0.25, -0.2) is 0 Å². The molecule has 1 aliphatic rings. The molecule has 1 heterocycles. The molecule has 0 saturated heterocycles. The number of rotatable bonds is 3. The van der Waals surface area contributed by atoms with Crippen molar-refractivity contribution in [2.75, 3.05) is 13.6 Å². The van der Waals surface area contributed by atoms with Crippen LogP contribution < -0.4 is 5.32 Å². The molecule has 0 saturated carbocycles. The maximum Gasteiger partial charge on any atom is 0.239 e. The first-order valence-electron chi connectivity index (χ1n) is 6.56. The van der Waals surface area contributed by atoms with E-state index in [9.17, 15) is 4.79 Å². The quantitative estimate of drug-likeness (QED) is 0.888. The van der Waals surface area contributed by atoms with Crippen LogP contribution in [0, 0.1) is 17.2 Å². The molecule has 0 fully saturated rings. The molecule has 19 heavy (non-hydrogen) atoms. The Balaban J connectivity index is 2.01. The van der Waals surface area contributed by atoms with Crippen molar-refractivity contribution in [3.63, 3.8) is 0 Å². The summed E-state index contributed by atoms with van der Waals surface area (Å²) in [6, 6.07) is 10.2. The van der Waals surface area contributed by atoms with Crippen LogP contribution in [0.15, 0.2) is 24.3 Å². The van der Waals surface area contributed by atoms with Gasteiger partial charge in [-0.2, -0.15) is 5.26 Å². The van der Waals surface area contributed by atoms with Gasteiger partial charge in [0.25, 0.3) is 0 Å². The van der Waals surface area contributed by atoms with Gasteiger partial charge >= 0.3 is 0 Å². The van der Waals surface area contributed by atoms with Crippen molar-refractivity contribution < 1.29 is 4.79 Å². The molecular weight excluding hydrogens is 238 g/mol. The van der Waals surface area contributed by atoms with E-state index < -0.39 is 0 Å². The molecule has 4 heteroatoms. The van der Waals surface area contributed by atoms with E-state index in [4.69, 9.17) is 5.26 Å². The fourth-order valence-corrected chi connectivity index (χ4v) is 2.44. The van der Waals surface area contributed by atoms with Crippen molar-refractivity contribution in [3.05, 3.63) is 35.4 Å². The minimum atomic E-state index is -0.175. The third-order valence-electron chi connectivity index (χ3n) is 3.52. The monoisotopic (exact) mass is 257 g/mol. The first-order chi connectivity index (χ1) is 9.11. The number of carbonyl (C=O) groups is 1. The Hall–Kier alpha value is -1.86. The second-order valence-electron chi connectivity index (χ2n) is 5.16. The third-order valence-corrected chi connectivity index (χ3v) is 3.52. The van der Waals surface area contributed by atoms with Crippen molar-refractivity contribution in [3.8, 4) is 6.07 Å². The highest BCUT2D eigenvalue weighted by molar-refractivity contribution is 5.82. The number of hydrogen-bond acceptors (Lipinski definition) is 3. The highest BCUT2D eigenvalue weighted by atomic mass is 16.2. The molecule has 1 aromatic rings. The van der Waals surface area contributed by atoms with Gasteiger partial charge in [0.1, 0.15) is 0 Å². The summed E-state index contributed by atoms with van der Waals surface area (Å²) in [5.41, 5.74) is 2.50. The predicted molar refractivity (Wildman–Crippen MR) is 73.2 cm³/mol. The lowest BCUT2D eigenvalue weighted by Crippen LogP contribution is -2.49. The average Bonchev–Trinajstić information content (AvgIpc) is 2.45. The number of fused-ring (bicyclic) bond motifs is 1. The summed E-state index contributed by atoms with van der Waals surface area (Å²) in [4.78, 5) is 14.0. The molecule has 2 atom stereocenters. The molecule has 100 valence electrons. The molecule has 1 aliphatic heterocycles. The number of likely N-dealkylation sites (N-methyl/N-ethyl adjacent to an activating group) is 1. The summed E-state index contributed by atoms with van der Waals surface area (Å²) in [5, 5.41) is 12.1. The minimum absolute atomic E-state index is 0.0663. The van der Waals surface area contributed by atoms with E-state index in [0.717, 1.165) is 13.0 Å². The van der Waals surface area contributed by atoms with E-state index in [1.807, 2.05) is 19.1 Å². The summed E-state index contributed by atoms with van der Waals surface area (Å²) < 4.78 is 0. The Bertz CT molecular complexity index is 506. The van der Waals surface area contributed by atoms with Crippen LogP contribution in [0.4, 0.5) is 0 Å². The SMILES string of the molecule is CC(C#N)CN(C)C(=O)[C@H]1Cc2ccccc2CN1. The smallest absolute Gasteiger partial charge is 0.239 e. The van der Waals surface area contributed by atoms with E-state index in [1.54, 1.807) is 11.9 Å². The topological polar surface area (TPSA) is 56.1 Å². The highest BCUT2D eigenvalue weighted by Crippen LogP contribution is 2.17. The van der Waals surface area contributed by atoms with Gasteiger partial charge in [-0.3, -0.25) is 4.79 Å². The van der Waals surface area contributed by atoms with Gasteiger partial charge in [0.05, 0.1) is 18.0 Å². The van der Waals surface area contributed by atoms with Crippen molar-refractivity contribution >= 4 is 5.91 Å². The number of nitriles is 1. The van der Waals surface area contributed by atoms with Crippen molar-refractivity contribution in [1.82, 2.24) is 10.2 Å². The van der Waals surface area contributed by atoms with Gasteiger partial charge in [-0.1, -0.05) is 24.3 Å². The Morgan fingerprint density at radius 1 is 1.53 bits per heavy atom. The van der Waals surface area contributed by atoms with Crippen molar-refractivity contribution in [2.24, 2.45) is 5.92 Å². The summed E-state index contributed by atoms with van der Waals surface area (Å²) in [5.74, 6) is -0.0681. The second-order valence-corrected chi connectivity index (χ2v) is 5.16. The number of benzene rings is 1. The van der Waals surface area contributed by atoms with Crippen LogP contribution >= 0.6 is 0 Å². The van der Waals surface area contributed by atoms with Gasteiger partial charge in [0, 0.05) is 20.1 Å². The molecule has 0 radical (unpaired) electrons. The number of carbonyl (C=O) groups excluding carboxylic acids is 1. The van der Waals surface area contributed by atoms with E-state index in [-0.39, 0.29) is 17.9 Å². The van der Waals surface area contributed by atoms with Gasteiger partial charge in [0.2, 0.25) is 5.91 Å². The van der Waals surface area contributed by atoms with Crippen LogP contribution in [-0.2, 0) is 17.8 Å². The first kappa shape index (κ1) is 13.6. The predicted octanol–water partition coefficient (Wildman–Crippen LogP) is 1.32. The lowest BCUT2D eigenvalue weighted by atomic mass is 9.95. The third kappa shape index (κ3) is 3.12. The van der Waals surface area contributed by atoms with Gasteiger partial charge < -0.3 is 10.2 Å². The van der Waals surface area contributed by atoms with Crippen LogP contribution in [0.1, 0.15) is 18.1 Å². The lowest BCUT2D eigenvalue weighted by Gasteiger charge is -2.29. The molecule has 1 N–H and O–H groups in total. The Labute approximate surface area is 114 Å². The zero-order valence-electron chi connectivity index (χ0n) is 11.4. The normalized spacial score (nSPS) is 19.1. The molecule has 1 aromatic carbocycles. The van der Waals surface area contributed by atoms with Gasteiger partial charge in [-0.15, -0.1) is 0 Å². The number of hydrogen-bond donors (Lipinski definition) is 1. The van der Waals surface area contributed by atoms with Crippen molar-refractivity contribution in [2.45, 2.75) is 25.9 Å². The molecule has 0 aromatic heterocycles. The van der Waals surface area contributed by atoms with Crippen LogP contribution in [0.3, 0.4) is 0 Å². The molecule has 2 rings (SSSR count). The fourth-order valence-electron chi connectivity index (χ4n) is 2.44. The van der Waals surface area contributed by atoms with Crippen LogP contribution in [0.5, 0.6) is 0 Å². The molecule has 0 spiro atoms. The zero-order chi connectivity index (χ0) is 13.8. The number of nitrogens with zero attached hydrogens (tertiary/aromatic N) is 2. The summed E-state index contributed by atoms with van der Waals surface area (Å²) in [7, 11) is 1.76. The molecule has 0 aliphatic carbocycles. The van der Waals surface area contributed by atoms with E-state index >= 15 is 0 Å². The summed E-state index contributed by atoms with van der Waals surface area (Å²) in [6.07, 6.45) is 0.723. The zero-order valence-corrected chi connectivity index (χ0v) is 11.4. The largest absolute Gasteiger partial charge is 0.343 e. The molecule has 1 amide bonds. The maximum absolute atomic E-state index is 12.3. The minimum Gasteiger partial charge on any atom is -0.343 e.